The Bertz CT molecular complexity index is 708. The van der Waals surface area contributed by atoms with Crippen LogP contribution in [0.5, 0.6) is 5.88 Å². The zero-order valence-corrected chi connectivity index (χ0v) is 14.6. The lowest BCUT2D eigenvalue weighted by Crippen LogP contribution is -2.46. The van der Waals surface area contributed by atoms with Crippen LogP contribution >= 0.6 is 0 Å². The number of para-hydroxylation sites is 1. The molecule has 7 nitrogen and oxygen atoms in total. The average Bonchev–Trinajstić information content (AvgIpc) is 2.63. The number of nitrogens with one attached hydrogen (secondary N) is 1. The summed E-state index contributed by atoms with van der Waals surface area (Å²) in [6.45, 7) is 1.25. The molecule has 0 saturated carbocycles. The number of likely N-dealkylation sites (tertiary alicyclic amines) is 1. The third-order valence-corrected chi connectivity index (χ3v) is 4.04. The lowest BCUT2D eigenvalue weighted by Gasteiger charge is -2.33. The van der Waals surface area contributed by atoms with Crippen LogP contribution in [0.25, 0.3) is 0 Å². The maximum Gasteiger partial charge on any atom is 0.321 e. The van der Waals surface area contributed by atoms with E-state index in [9.17, 15) is 4.79 Å². The number of anilines is 2. The standard InChI is InChI=1S/C18H23N5O2/c1-22(2)16-17(20-11-10-19-16)25-15-9-6-12-23(13-15)18(24)21-14-7-4-3-5-8-14/h3-5,7-8,10-11,15H,6,9,12-13H2,1-2H3,(H,21,24). The number of ether oxygens (including phenoxy) is 1. The predicted molar refractivity (Wildman–Crippen MR) is 97.0 cm³/mol. The van der Waals surface area contributed by atoms with E-state index in [1.807, 2.05) is 49.3 Å². The molecule has 1 saturated heterocycles. The molecule has 1 N–H and O–H groups in total. The number of hydrogen-bond acceptors (Lipinski definition) is 5. The predicted octanol–water partition coefficient (Wildman–Crippen LogP) is 2.62. The SMILES string of the molecule is CN(C)c1nccnc1OC1CCCN(C(=O)Nc2ccccc2)C1. The van der Waals surface area contributed by atoms with Gasteiger partial charge in [0.15, 0.2) is 5.82 Å². The Morgan fingerprint density at radius 1 is 1.24 bits per heavy atom. The number of benzene rings is 1. The van der Waals surface area contributed by atoms with Gasteiger partial charge in [0.2, 0.25) is 0 Å². The summed E-state index contributed by atoms with van der Waals surface area (Å²) in [6, 6.07) is 9.36. The van der Waals surface area contributed by atoms with Gasteiger partial charge < -0.3 is 19.9 Å². The maximum atomic E-state index is 12.5. The Morgan fingerprint density at radius 3 is 2.76 bits per heavy atom. The summed E-state index contributed by atoms with van der Waals surface area (Å²) in [6.07, 6.45) is 4.95. The van der Waals surface area contributed by atoms with E-state index >= 15 is 0 Å². The third kappa shape index (κ3) is 4.37. The van der Waals surface area contributed by atoms with Crippen molar-refractivity contribution in [1.82, 2.24) is 14.9 Å². The molecule has 2 amide bonds. The van der Waals surface area contributed by atoms with Crippen molar-refractivity contribution in [3.8, 4) is 5.88 Å². The Balaban J connectivity index is 1.62. The van der Waals surface area contributed by atoms with Crippen molar-refractivity contribution in [1.29, 1.82) is 0 Å². The fourth-order valence-electron chi connectivity index (χ4n) is 2.81. The number of aromatic nitrogens is 2. The molecular formula is C18H23N5O2. The van der Waals surface area contributed by atoms with Crippen LogP contribution in [0.4, 0.5) is 16.3 Å². The van der Waals surface area contributed by atoms with Crippen LogP contribution in [-0.2, 0) is 0 Å². The van der Waals surface area contributed by atoms with Gasteiger partial charge in [0, 0.05) is 38.7 Å². The van der Waals surface area contributed by atoms with Gasteiger partial charge in [-0.1, -0.05) is 18.2 Å². The highest BCUT2D eigenvalue weighted by Gasteiger charge is 2.26. The maximum absolute atomic E-state index is 12.5. The first-order valence-electron chi connectivity index (χ1n) is 8.39. The van der Waals surface area contributed by atoms with Crippen LogP contribution in [0.15, 0.2) is 42.7 Å². The van der Waals surface area contributed by atoms with Crippen LogP contribution in [0.1, 0.15) is 12.8 Å². The van der Waals surface area contributed by atoms with Gasteiger partial charge in [0.25, 0.3) is 5.88 Å². The number of hydrogen-bond donors (Lipinski definition) is 1. The van der Waals surface area contributed by atoms with E-state index in [0.717, 1.165) is 25.1 Å². The van der Waals surface area contributed by atoms with Gasteiger partial charge in [-0.2, -0.15) is 0 Å². The number of urea groups is 1. The van der Waals surface area contributed by atoms with E-state index in [-0.39, 0.29) is 12.1 Å². The molecule has 1 fully saturated rings. The fourth-order valence-corrected chi connectivity index (χ4v) is 2.81. The van der Waals surface area contributed by atoms with Crippen molar-refractivity contribution in [3.05, 3.63) is 42.7 Å². The Hall–Kier alpha value is -2.83. The molecule has 2 aromatic rings. The smallest absolute Gasteiger partial charge is 0.321 e. The molecular weight excluding hydrogens is 318 g/mol. The average molecular weight is 341 g/mol. The summed E-state index contributed by atoms with van der Waals surface area (Å²) in [5, 5.41) is 2.92. The number of carbonyl (C=O) groups excluding carboxylic acids is 1. The minimum absolute atomic E-state index is 0.0920. The monoisotopic (exact) mass is 341 g/mol. The van der Waals surface area contributed by atoms with E-state index in [1.165, 1.54) is 0 Å². The van der Waals surface area contributed by atoms with Crippen molar-refractivity contribution in [2.24, 2.45) is 0 Å². The van der Waals surface area contributed by atoms with E-state index in [2.05, 4.69) is 15.3 Å². The van der Waals surface area contributed by atoms with Gasteiger partial charge in [0.05, 0.1) is 6.54 Å². The van der Waals surface area contributed by atoms with Crippen LogP contribution in [0, 0.1) is 0 Å². The zero-order valence-electron chi connectivity index (χ0n) is 14.6. The van der Waals surface area contributed by atoms with Crippen molar-refractivity contribution in [3.63, 3.8) is 0 Å². The summed E-state index contributed by atoms with van der Waals surface area (Å²) < 4.78 is 6.04. The summed E-state index contributed by atoms with van der Waals surface area (Å²) >= 11 is 0. The van der Waals surface area contributed by atoms with Gasteiger partial charge in [0.1, 0.15) is 6.10 Å². The van der Waals surface area contributed by atoms with E-state index in [1.54, 1.807) is 17.3 Å². The highest BCUT2D eigenvalue weighted by Crippen LogP contribution is 2.24. The molecule has 25 heavy (non-hydrogen) atoms. The van der Waals surface area contributed by atoms with E-state index in [0.29, 0.717) is 18.2 Å². The van der Waals surface area contributed by atoms with Crippen molar-refractivity contribution >= 4 is 17.5 Å². The molecule has 1 aliphatic rings. The Labute approximate surface area is 147 Å². The summed E-state index contributed by atoms with van der Waals surface area (Å²) in [7, 11) is 3.80. The Morgan fingerprint density at radius 2 is 2.00 bits per heavy atom. The molecule has 0 radical (unpaired) electrons. The number of rotatable bonds is 4. The van der Waals surface area contributed by atoms with Crippen molar-refractivity contribution in [2.45, 2.75) is 18.9 Å². The number of nitrogens with zero attached hydrogens (tertiary/aromatic N) is 4. The Kier molecular flexibility index (Phi) is 5.33. The lowest BCUT2D eigenvalue weighted by atomic mass is 10.1. The number of carbonyl (C=O) groups is 1. The summed E-state index contributed by atoms with van der Waals surface area (Å²) in [4.78, 5) is 24.7. The summed E-state index contributed by atoms with van der Waals surface area (Å²) in [5.74, 6) is 1.19. The minimum atomic E-state index is -0.105. The number of amides is 2. The van der Waals surface area contributed by atoms with Gasteiger partial charge >= 0.3 is 6.03 Å². The summed E-state index contributed by atoms with van der Waals surface area (Å²) in [5.41, 5.74) is 0.791. The first-order chi connectivity index (χ1) is 12.1. The third-order valence-electron chi connectivity index (χ3n) is 4.04. The van der Waals surface area contributed by atoms with Crippen LogP contribution in [-0.4, -0.2) is 54.2 Å². The first kappa shape index (κ1) is 17.0. The minimum Gasteiger partial charge on any atom is -0.470 e. The molecule has 1 unspecified atom stereocenters. The van der Waals surface area contributed by atoms with Gasteiger partial charge in [-0.3, -0.25) is 0 Å². The van der Waals surface area contributed by atoms with Crippen molar-refractivity contribution < 1.29 is 9.53 Å². The molecule has 3 rings (SSSR count). The van der Waals surface area contributed by atoms with Gasteiger partial charge in [-0.15, -0.1) is 0 Å². The van der Waals surface area contributed by atoms with E-state index in [4.69, 9.17) is 4.74 Å². The second-order valence-electron chi connectivity index (χ2n) is 6.20. The highest BCUT2D eigenvalue weighted by molar-refractivity contribution is 5.89. The lowest BCUT2D eigenvalue weighted by molar-refractivity contribution is 0.103. The second kappa shape index (κ2) is 7.83. The molecule has 1 aromatic heterocycles. The quantitative estimate of drug-likeness (QED) is 0.926. The van der Waals surface area contributed by atoms with Gasteiger partial charge in [-0.05, 0) is 25.0 Å². The molecule has 7 heteroatoms. The largest absolute Gasteiger partial charge is 0.470 e. The molecule has 0 aliphatic carbocycles. The van der Waals surface area contributed by atoms with Crippen LogP contribution in [0.3, 0.4) is 0 Å². The molecule has 1 atom stereocenters. The van der Waals surface area contributed by atoms with Crippen LogP contribution < -0.4 is 15.0 Å². The first-order valence-corrected chi connectivity index (χ1v) is 8.39. The van der Waals surface area contributed by atoms with Crippen molar-refractivity contribution in [2.75, 3.05) is 37.4 Å². The molecule has 2 heterocycles. The van der Waals surface area contributed by atoms with E-state index < -0.39 is 0 Å². The molecule has 0 spiro atoms. The molecule has 0 bridgehead atoms. The normalized spacial score (nSPS) is 17.0. The van der Waals surface area contributed by atoms with Crippen LogP contribution in [0.2, 0.25) is 0 Å². The fraction of sp³-hybridized carbons (Fsp3) is 0.389. The zero-order chi connectivity index (χ0) is 17.6. The molecule has 132 valence electrons. The van der Waals surface area contributed by atoms with Gasteiger partial charge in [-0.25, -0.2) is 14.8 Å². The number of piperidine rings is 1. The highest BCUT2D eigenvalue weighted by atomic mass is 16.5. The molecule has 1 aromatic carbocycles. The molecule has 1 aliphatic heterocycles. The topological polar surface area (TPSA) is 70.6 Å². The second-order valence-corrected chi connectivity index (χ2v) is 6.20.